The zero-order valence-electron chi connectivity index (χ0n) is 18.6. The van der Waals surface area contributed by atoms with Crippen molar-refractivity contribution in [2.45, 2.75) is 56.0 Å². The van der Waals surface area contributed by atoms with Crippen molar-refractivity contribution in [1.29, 1.82) is 0 Å². The third-order valence-corrected chi connectivity index (χ3v) is 9.31. The average Bonchev–Trinajstić information content (AvgIpc) is 3.21. The SMILES string of the molecule is c1ccc([C@H]2CCCC[C@H]2N2CCC3(CC2)CNCN3CCN2CCSCC2)cc1. The Labute approximate surface area is 187 Å². The summed E-state index contributed by atoms with van der Waals surface area (Å²) in [5, 5.41) is 3.73. The molecule has 1 spiro atoms. The molecule has 4 fully saturated rings. The second-order valence-corrected chi connectivity index (χ2v) is 11.2. The molecule has 1 aliphatic carbocycles. The molecule has 0 unspecified atom stereocenters. The highest BCUT2D eigenvalue weighted by atomic mass is 32.2. The van der Waals surface area contributed by atoms with Gasteiger partial charge in [0.15, 0.2) is 0 Å². The lowest BCUT2D eigenvalue weighted by Crippen LogP contribution is -2.57. The number of benzene rings is 1. The quantitative estimate of drug-likeness (QED) is 0.773. The normalized spacial score (nSPS) is 31.3. The number of hydrogen-bond donors (Lipinski definition) is 1. The summed E-state index contributed by atoms with van der Waals surface area (Å²) in [7, 11) is 0. The van der Waals surface area contributed by atoms with E-state index in [0.29, 0.717) is 5.54 Å². The minimum Gasteiger partial charge on any atom is -0.302 e. The largest absolute Gasteiger partial charge is 0.302 e. The lowest BCUT2D eigenvalue weighted by Gasteiger charge is -2.49. The molecule has 1 aromatic carbocycles. The summed E-state index contributed by atoms with van der Waals surface area (Å²) in [5.74, 6) is 3.38. The highest BCUT2D eigenvalue weighted by Gasteiger charge is 2.44. The third-order valence-electron chi connectivity index (χ3n) is 8.37. The van der Waals surface area contributed by atoms with Crippen LogP contribution in [0, 0.1) is 0 Å². The molecular formula is C25H40N4S. The molecule has 3 heterocycles. The summed E-state index contributed by atoms with van der Waals surface area (Å²) in [6.07, 6.45) is 8.26. The number of nitrogens with zero attached hydrogens (tertiary/aromatic N) is 3. The van der Waals surface area contributed by atoms with Gasteiger partial charge in [-0.2, -0.15) is 11.8 Å². The van der Waals surface area contributed by atoms with Gasteiger partial charge in [0, 0.05) is 75.6 Å². The highest BCUT2D eigenvalue weighted by Crippen LogP contribution is 2.39. The summed E-state index contributed by atoms with van der Waals surface area (Å²) < 4.78 is 0. The number of thioether (sulfide) groups is 1. The molecular weight excluding hydrogens is 388 g/mol. The van der Waals surface area contributed by atoms with Crippen molar-refractivity contribution in [2.75, 3.05) is 64.0 Å². The third kappa shape index (κ3) is 4.61. The van der Waals surface area contributed by atoms with Crippen LogP contribution in [-0.2, 0) is 0 Å². The van der Waals surface area contributed by atoms with Crippen LogP contribution in [0.2, 0.25) is 0 Å². The zero-order valence-corrected chi connectivity index (χ0v) is 19.4. The minimum atomic E-state index is 0.415. The van der Waals surface area contributed by atoms with Gasteiger partial charge in [0.2, 0.25) is 0 Å². The van der Waals surface area contributed by atoms with E-state index in [-0.39, 0.29) is 0 Å². The standard InChI is InChI=1S/C25H40N4S/c1-2-6-22(7-3-1)23-8-4-5-9-24(23)28-12-10-25(11-13-28)20-26-21-29(25)15-14-27-16-18-30-19-17-27/h1-3,6-7,23-24,26H,4-5,8-21H2/t23-,24-/m1/s1. The average molecular weight is 429 g/mol. The Hall–Kier alpha value is -0.590. The molecule has 1 aromatic rings. The Kier molecular flexibility index (Phi) is 7.02. The van der Waals surface area contributed by atoms with E-state index >= 15 is 0 Å². The highest BCUT2D eigenvalue weighted by molar-refractivity contribution is 7.99. The summed E-state index contributed by atoms with van der Waals surface area (Å²) in [4.78, 5) is 8.37. The van der Waals surface area contributed by atoms with Crippen LogP contribution in [-0.4, -0.2) is 90.3 Å². The van der Waals surface area contributed by atoms with Gasteiger partial charge >= 0.3 is 0 Å². The van der Waals surface area contributed by atoms with E-state index < -0.39 is 0 Å². The number of likely N-dealkylation sites (tertiary alicyclic amines) is 1. The van der Waals surface area contributed by atoms with Gasteiger partial charge in [-0.1, -0.05) is 43.2 Å². The Balaban J connectivity index is 1.19. The summed E-state index contributed by atoms with van der Waals surface area (Å²) in [5.41, 5.74) is 1.99. The van der Waals surface area contributed by atoms with Crippen LogP contribution in [0.4, 0.5) is 0 Å². The van der Waals surface area contributed by atoms with Crippen LogP contribution in [0.15, 0.2) is 30.3 Å². The molecule has 0 radical (unpaired) electrons. The predicted octanol–water partition coefficient (Wildman–Crippen LogP) is 3.46. The van der Waals surface area contributed by atoms with E-state index in [9.17, 15) is 0 Å². The van der Waals surface area contributed by atoms with Crippen molar-refractivity contribution < 1.29 is 0 Å². The summed E-state index contributed by atoms with van der Waals surface area (Å²) >= 11 is 2.12. The Morgan fingerprint density at radius 3 is 2.50 bits per heavy atom. The van der Waals surface area contributed by atoms with Crippen LogP contribution in [0.25, 0.3) is 0 Å². The van der Waals surface area contributed by atoms with Gasteiger partial charge in [0.25, 0.3) is 0 Å². The Morgan fingerprint density at radius 1 is 0.933 bits per heavy atom. The van der Waals surface area contributed by atoms with Crippen LogP contribution in [0.1, 0.15) is 50.0 Å². The van der Waals surface area contributed by atoms with Crippen LogP contribution >= 0.6 is 11.8 Å². The molecule has 4 aliphatic rings. The minimum absolute atomic E-state index is 0.415. The summed E-state index contributed by atoms with van der Waals surface area (Å²) in [6, 6.07) is 12.1. The first-order valence-corrected chi connectivity index (χ1v) is 13.5. The van der Waals surface area contributed by atoms with Crippen LogP contribution < -0.4 is 5.32 Å². The molecule has 0 amide bonds. The molecule has 3 saturated heterocycles. The molecule has 3 aliphatic heterocycles. The molecule has 5 rings (SSSR count). The van der Waals surface area contributed by atoms with E-state index in [4.69, 9.17) is 0 Å². The van der Waals surface area contributed by atoms with Crippen molar-refractivity contribution >= 4 is 11.8 Å². The van der Waals surface area contributed by atoms with E-state index in [1.54, 1.807) is 5.56 Å². The number of piperidine rings is 1. The Bertz CT molecular complexity index is 654. The van der Waals surface area contributed by atoms with Gasteiger partial charge in [-0.15, -0.1) is 0 Å². The van der Waals surface area contributed by atoms with E-state index in [2.05, 4.69) is 62.1 Å². The maximum absolute atomic E-state index is 3.73. The van der Waals surface area contributed by atoms with Crippen LogP contribution in [0.3, 0.4) is 0 Å². The first-order chi connectivity index (χ1) is 14.8. The van der Waals surface area contributed by atoms with Gasteiger partial charge in [-0.3, -0.25) is 9.80 Å². The van der Waals surface area contributed by atoms with Crippen LogP contribution in [0.5, 0.6) is 0 Å². The molecule has 30 heavy (non-hydrogen) atoms. The first kappa shape index (κ1) is 21.3. The topological polar surface area (TPSA) is 21.8 Å². The Morgan fingerprint density at radius 2 is 1.70 bits per heavy atom. The maximum atomic E-state index is 3.73. The van der Waals surface area contributed by atoms with Crippen molar-refractivity contribution in [2.24, 2.45) is 0 Å². The molecule has 2 atom stereocenters. The first-order valence-electron chi connectivity index (χ1n) is 12.4. The van der Waals surface area contributed by atoms with Gasteiger partial charge in [0.1, 0.15) is 0 Å². The van der Waals surface area contributed by atoms with Crippen molar-refractivity contribution in [3.05, 3.63) is 35.9 Å². The monoisotopic (exact) mass is 428 g/mol. The van der Waals surface area contributed by atoms with Crippen molar-refractivity contribution in [1.82, 2.24) is 20.0 Å². The van der Waals surface area contributed by atoms with Gasteiger partial charge in [-0.05, 0) is 37.2 Å². The zero-order chi connectivity index (χ0) is 20.2. The molecule has 0 aromatic heterocycles. The maximum Gasteiger partial charge on any atom is 0.0487 e. The van der Waals surface area contributed by atoms with Crippen molar-refractivity contribution in [3.8, 4) is 0 Å². The summed E-state index contributed by atoms with van der Waals surface area (Å²) in [6.45, 7) is 9.94. The second-order valence-electron chi connectivity index (χ2n) is 9.93. The van der Waals surface area contributed by atoms with E-state index in [1.807, 2.05) is 0 Å². The fourth-order valence-corrected chi connectivity index (χ4v) is 7.49. The molecule has 1 saturated carbocycles. The fraction of sp³-hybridized carbons (Fsp3) is 0.760. The molecule has 166 valence electrons. The van der Waals surface area contributed by atoms with Gasteiger partial charge in [-0.25, -0.2) is 0 Å². The predicted molar refractivity (Wildman–Crippen MR) is 128 cm³/mol. The lowest BCUT2D eigenvalue weighted by molar-refractivity contribution is 0.0242. The number of rotatable bonds is 5. The van der Waals surface area contributed by atoms with Crippen molar-refractivity contribution in [3.63, 3.8) is 0 Å². The fourth-order valence-electron chi connectivity index (χ4n) is 6.51. The number of hydrogen-bond acceptors (Lipinski definition) is 5. The molecule has 5 heteroatoms. The van der Waals surface area contributed by atoms with E-state index in [1.165, 1.54) is 95.8 Å². The van der Waals surface area contributed by atoms with Gasteiger partial charge in [0.05, 0.1) is 0 Å². The van der Waals surface area contributed by atoms with Gasteiger partial charge < -0.3 is 10.2 Å². The molecule has 0 bridgehead atoms. The lowest BCUT2D eigenvalue weighted by atomic mass is 9.77. The molecule has 4 nitrogen and oxygen atoms in total. The smallest absolute Gasteiger partial charge is 0.0487 e. The van der Waals surface area contributed by atoms with E-state index in [0.717, 1.165) is 18.6 Å². The second kappa shape index (κ2) is 9.91. The number of nitrogens with one attached hydrogen (secondary N) is 1. The molecule has 1 N–H and O–H groups in total.